The number of ether oxygens (including phenoxy) is 2. The molecule has 51 heavy (non-hydrogen) atoms. The molecule has 1 N–H and O–H groups in total. The van der Waals surface area contributed by atoms with Gasteiger partial charge >= 0.3 is 12.2 Å². The lowest BCUT2D eigenvalue weighted by Gasteiger charge is -2.50. The van der Waals surface area contributed by atoms with Crippen molar-refractivity contribution < 1.29 is 50.2 Å². The molecule has 2 atom stereocenters. The molecule has 270 valence electrons. The largest absolute Gasteiger partial charge is 0.416 e. The number of likely N-dealkylation sites (tertiary alicyclic amines) is 1. The number of amides is 4. The van der Waals surface area contributed by atoms with E-state index >= 15 is 8.78 Å². The lowest BCUT2D eigenvalue weighted by atomic mass is 9.90. The van der Waals surface area contributed by atoms with E-state index in [9.17, 15) is 31.9 Å². The van der Waals surface area contributed by atoms with Crippen molar-refractivity contribution in [2.75, 3.05) is 39.5 Å². The molecule has 8 rings (SSSR count). The molecular formula is C34H32F6N6O5. The van der Waals surface area contributed by atoms with Crippen molar-refractivity contribution in [2.45, 2.75) is 61.2 Å². The van der Waals surface area contributed by atoms with Crippen molar-refractivity contribution >= 4 is 17.8 Å². The molecule has 4 amide bonds. The summed E-state index contributed by atoms with van der Waals surface area (Å²) >= 11 is 0. The number of carbonyl (C=O) groups excluding carboxylic acids is 3. The van der Waals surface area contributed by atoms with Gasteiger partial charge in [-0.15, -0.1) is 0 Å². The zero-order chi connectivity index (χ0) is 35.9. The number of hydrogen-bond donors (Lipinski definition) is 1. The van der Waals surface area contributed by atoms with Crippen molar-refractivity contribution in [2.24, 2.45) is 0 Å². The number of alkyl halides is 5. The first kappa shape index (κ1) is 33.7. The number of nitrogens with one attached hydrogen (secondary N) is 1. The summed E-state index contributed by atoms with van der Waals surface area (Å²) in [6.07, 6.45) is -1.79. The third kappa shape index (κ3) is 5.39. The lowest BCUT2D eigenvalue weighted by molar-refractivity contribution is -0.302. The summed E-state index contributed by atoms with van der Waals surface area (Å²) in [5.41, 5.74) is -4.57. The molecule has 4 fully saturated rings. The topological polar surface area (TPSA) is 109 Å². The molecule has 5 aliphatic rings. The number of benzene rings is 2. The third-order valence-corrected chi connectivity index (χ3v) is 10.8. The van der Waals surface area contributed by atoms with E-state index in [4.69, 9.17) is 9.47 Å². The van der Waals surface area contributed by atoms with Crippen molar-refractivity contribution in [3.8, 4) is 11.1 Å². The number of hydrogen-bond acceptors (Lipinski definition) is 7. The van der Waals surface area contributed by atoms with Gasteiger partial charge in [0, 0.05) is 36.5 Å². The minimum Gasteiger partial charge on any atom is -0.378 e. The van der Waals surface area contributed by atoms with E-state index in [0.717, 1.165) is 25.1 Å². The molecule has 4 aliphatic heterocycles. The van der Waals surface area contributed by atoms with E-state index in [2.05, 4.69) is 15.3 Å². The summed E-state index contributed by atoms with van der Waals surface area (Å²) in [6.45, 7) is -0.603. The second-order valence-corrected chi connectivity index (χ2v) is 13.8. The normalized spacial score (nSPS) is 25.3. The van der Waals surface area contributed by atoms with Crippen LogP contribution in [0.2, 0.25) is 0 Å². The highest BCUT2D eigenvalue weighted by Crippen LogP contribution is 2.53. The summed E-state index contributed by atoms with van der Waals surface area (Å²) in [5.74, 6) is -6.69. The number of imide groups is 1. The Balaban J connectivity index is 1.03. The van der Waals surface area contributed by atoms with Crippen molar-refractivity contribution in [1.82, 2.24) is 29.8 Å². The molecule has 1 spiro atoms. The first-order valence-electron chi connectivity index (χ1n) is 16.4. The summed E-state index contributed by atoms with van der Waals surface area (Å²) in [6, 6.07) is 8.02. The maximum Gasteiger partial charge on any atom is 0.416 e. The van der Waals surface area contributed by atoms with Gasteiger partial charge in [0.1, 0.15) is 12.4 Å². The lowest BCUT2D eigenvalue weighted by Crippen LogP contribution is -2.72. The Bertz CT molecular complexity index is 1890. The van der Waals surface area contributed by atoms with E-state index in [1.807, 2.05) is 0 Å². The van der Waals surface area contributed by atoms with E-state index in [1.54, 1.807) is 17.1 Å². The highest BCUT2D eigenvalue weighted by atomic mass is 19.4. The van der Waals surface area contributed by atoms with E-state index in [0.29, 0.717) is 52.8 Å². The van der Waals surface area contributed by atoms with Gasteiger partial charge in [0.25, 0.3) is 11.8 Å². The molecular weight excluding hydrogens is 686 g/mol. The Morgan fingerprint density at radius 2 is 1.76 bits per heavy atom. The highest BCUT2D eigenvalue weighted by Gasteiger charge is 2.67. The fourth-order valence-electron chi connectivity index (χ4n) is 7.61. The Kier molecular flexibility index (Phi) is 7.77. The molecule has 0 unspecified atom stereocenters. The van der Waals surface area contributed by atoms with Gasteiger partial charge in [-0.2, -0.15) is 18.3 Å². The summed E-state index contributed by atoms with van der Waals surface area (Å²) in [4.78, 5) is 43.9. The van der Waals surface area contributed by atoms with Gasteiger partial charge < -0.3 is 19.7 Å². The Hall–Kier alpha value is -4.48. The smallest absolute Gasteiger partial charge is 0.378 e. The fraction of sp³-hybridized carbons (Fsp3) is 0.471. The molecule has 11 nitrogen and oxygen atoms in total. The van der Waals surface area contributed by atoms with Crippen LogP contribution in [0.5, 0.6) is 0 Å². The van der Waals surface area contributed by atoms with Gasteiger partial charge in [-0.25, -0.2) is 18.0 Å². The zero-order valence-corrected chi connectivity index (χ0v) is 27.0. The first-order chi connectivity index (χ1) is 24.2. The molecule has 0 bridgehead atoms. The summed E-state index contributed by atoms with van der Waals surface area (Å²) in [7, 11) is 0. The fourth-order valence-corrected chi connectivity index (χ4v) is 7.61. The third-order valence-electron chi connectivity index (χ3n) is 10.8. The predicted molar refractivity (Wildman–Crippen MR) is 164 cm³/mol. The van der Waals surface area contributed by atoms with Crippen LogP contribution in [-0.4, -0.2) is 106 Å². The van der Waals surface area contributed by atoms with E-state index < -0.39 is 85.1 Å². The van der Waals surface area contributed by atoms with Crippen LogP contribution in [0.1, 0.15) is 29.5 Å². The highest BCUT2D eigenvalue weighted by molar-refractivity contribution is 6.10. The molecule has 1 aliphatic carbocycles. The van der Waals surface area contributed by atoms with Gasteiger partial charge in [-0.05, 0) is 41.3 Å². The van der Waals surface area contributed by atoms with Gasteiger partial charge in [-0.3, -0.25) is 24.1 Å². The zero-order valence-electron chi connectivity index (χ0n) is 27.0. The second-order valence-electron chi connectivity index (χ2n) is 13.8. The molecule has 0 saturated carbocycles. The molecule has 3 aromatic rings. The minimum atomic E-state index is -4.97. The molecule has 0 radical (unpaired) electrons. The monoisotopic (exact) mass is 718 g/mol. The van der Waals surface area contributed by atoms with Crippen molar-refractivity contribution in [3.05, 3.63) is 77.4 Å². The van der Waals surface area contributed by atoms with E-state index in [-0.39, 0.29) is 11.1 Å². The van der Waals surface area contributed by atoms with Crippen LogP contribution in [0.3, 0.4) is 0 Å². The Morgan fingerprint density at radius 1 is 1.02 bits per heavy atom. The second kappa shape index (κ2) is 11.8. The Labute approximate surface area is 287 Å². The van der Waals surface area contributed by atoms with Gasteiger partial charge in [-0.1, -0.05) is 24.3 Å². The van der Waals surface area contributed by atoms with Crippen molar-refractivity contribution in [3.63, 3.8) is 0 Å². The minimum absolute atomic E-state index is 0.147. The first-order valence-corrected chi connectivity index (χ1v) is 16.4. The number of rotatable bonds is 9. The quantitative estimate of drug-likeness (QED) is 0.265. The average molecular weight is 719 g/mol. The van der Waals surface area contributed by atoms with Crippen LogP contribution in [0, 0.1) is 5.82 Å². The van der Waals surface area contributed by atoms with Crippen LogP contribution >= 0.6 is 0 Å². The maximum atomic E-state index is 15.7. The molecule has 5 heterocycles. The van der Waals surface area contributed by atoms with Crippen LogP contribution < -0.4 is 5.32 Å². The Morgan fingerprint density at radius 3 is 2.37 bits per heavy atom. The molecule has 4 saturated heterocycles. The maximum absolute atomic E-state index is 15.7. The molecule has 17 heteroatoms. The molecule has 2 aromatic carbocycles. The van der Waals surface area contributed by atoms with Gasteiger partial charge in [0.15, 0.2) is 11.1 Å². The number of nitrogens with zero attached hydrogens (tertiary/aromatic N) is 5. The average Bonchev–Trinajstić information content (AvgIpc) is 3.65. The van der Waals surface area contributed by atoms with Crippen LogP contribution in [0.4, 0.5) is 31.1 Å². The number of carbonyl (C=O) groups is 3. The summed E-state index contributed by atoms with van der Waals surface area (Å²) < 4.78 is 100. The number of fused-ring (bicyclic) bond motifs is 2. The van der Waals surface area contributed by atoms with Gasteiger partial charge in [0.2, 0.25) is 5.91 Å². The molecule has 1 aromatic heterocycles. The standard InChI is InChI=1S/C34H32F6N6O5/c35-23-4-1-20(2-5-23)11-46(31(18-51-19-31)34(38,39)40)28(47)14-45-29(48)32(42-30(45)49)17-33(36,37)27-9-21(3-6-26(27)32)22-10-41-43(12-22)13-24-7-8-44(24)25-15-50-16-25/h1-6,9-10,12,24-25H,7-8,11,13-19H2,(H,42,49)/t24-,32-/m0/s1. The number of halogens is 6. The predicted octanol–water partition coefficient (Wildman–Crippen LogP) is 3.77. The number of aromatic nitrogens is 2. The van der Waals surface area contributed by atoms with Crippen LogP contribution in [0.25, 0.3) is 11.1 Å². The summed E-state index contributed by atoms with van der Waals surface area (Å²) in [5, 5.41) is 6.75. The number of urea groups is 1. The van der Waals surface area contributed by atoms with E-state index in [1.165, 1.54) is 30.3 Å². The van der Waals surface area contributed by atoms with Crippen LogP contribution in [-0.2, 0) is 43.6 Å². The van der Waals surface area contributed by atoms with Crippen LogP contribution in [0.15, 0.2) is 54.9 Å². The van der Waals surface area contributed by atoms with Gasteiger partial charge in [0.05, 0.1) is 51.6 Å². The van der Waals surface area contributed by atoms with Crippen molar-refractivity contribution in [1.29, 1.82) is 0 Å². The SMILES string of the molecule is O=C1N[C@]2(CC(F)(F)c3cc(-c4cnn(C[C@@H]5CCN5C5COC5)c4)ccc32)C(=O)N1CC(=O)N(Cc1ccc(F)cc1)C1(C(F)(F)F)COC1.